The number of rotatable bonds is 5. The Morgan fingerprint density at radius 2 is 1.48 bits per heavy atom. The predicted octanol–water partition coefficient (Wildman–Crippen LogP) is 5.86. The van der Waals surface area contributed by atoms with Crippen LogP contribution in [0.5, 0.6) is 0 Å². The first-order valence-electron chi connectivity index (χ1n) is 9.94. The molecule has 29 heavy (non-hydrogen) atoms. The van der Waals surface area contributed by atoms with Gasteiger partial charge in [0, 0.05) is 0 Å². The number of carboxylic acid groups (broad SMARTS) is 1. The summed E-state index contributed by atoms with van der Waals surface area (Å²) in [6.07, 6.45) is -2.16. The minimum atomic E-state index is -4.40. The van der Waals surface area contributed by atoms with Crippen LogP contribution < -0.4 is 0 Å². The lowest BCUT2D eigenvalue weighted by Gasteiger charge is -2.39. The molecule has 1 aliphatic rings. The summed E-state index contributed by atoms with van der Waals surface area (Å²) < 4.78 is 39.0. The molecule has 1 fully saturated rings. The molecule has 1 heterocycles. The molecule has 1 aliphatic heterocycles. The highest BCUT2D eigenvalue weighted by molar-refractivity contribution is 5.73. The molecule has 0 radical (unpaired) electrons. The quantitative estimate of drug-likeness (QED) is 0.678. The van der Waals surface area contributed by atoms with Gasteiger partial charge in [-0.15, -0.1) is 0 Å². The van der Waals surface area contributed by atoms with Crippen LogP contribution in [0.25, 0.3) is 0 Å². The summed E-state index contributed by atoms with van der Waals surface area (Å²) >= 11 is 0. The Hall–Kier alpha value is -2.34. The number of likely N-dealkylation sites (tertiary alicyclic amines) is 1. The normalized spacial score (nSPS) is 19.3. The van der Waals surface area contributed by atoms with Crippen LogP contribution >= 0.6 is 0 Å². The van der Waals surface area contributed by atoms with Gasteiger partial charge in [0.15, 0.2) is 0 Å². The highest BCUT2D eigenvalue weighted by Crippen LogP contribution is 2.36. The monoisotopic (exact) mass is 405 g/mol. The van der Waals surface area contributed by atoms with Crippen molar-refractivity contribution in [1.29, 1.82) is 0 Å². The number of aliphatic carboxylic acids is 1. The molecule has 0 aromatic heterocycles. The van der Waals surface area contributed by atoms with Gasteiger partial charge in [-0.2, -0.15) is 13.2 Å². The van der Waals surface area contributed by atoms with Crippen LogP contribution in [0, 0.1) is 0 Å². The van der Waals surface area contributed by atoms with Gasteiger partial charge >= 0.3 is 12.1 Å². The van der Waals surface area contributed by atoms with Gasteiger partial charge in [0.1, 0.15) is 6.04 Å². The van der Waals surface area contributed by atoms with E-state index in [-0.39, 0.29) is 0 Å². The fourth-order valence-corrected chi connectivity index (χ4v) is 4.02. The summed E-state index contributed by atoms with van der Waals surface area (Å²) in [5, 5.41) is 9.73. The van der Waals surface area contributed by atoms with Gasteiger partial charge in [-0.05, 0) is 54.1 Å². The number of alkyl halides is 3. The number of hydrogen-bond acceptors (Lipinski definition) is 2. The van der Waals surface area contributed by atoms with Crippen molar-refractivity contribution in [2.75, 3.05) is 6.54 Å². The Bertz CT molecular complexity index is 829. The molecule has 0 amide bonds. The molecular formula is C23H26F3NO2. The number of benzene rings is 2. The van der Waals surface area contributed by atoms with Crippen LogP contribution in [0.15, 0.2) is 48.5 Å². The molecule has 2 aromatic carbocycles. The summed E-state index contributed by atoms with van der Waals surface area (Å²) in [7, 11) is 0. The topological polar surface area (TPSA) is 40.5 Å². The summed E-state index contributed by atoms with van der Waals surface area (Å²) in [5.41, 5.74) is 2.02. The van der Waals surface area contributed by atoms with Crippen LogP contribution in [0.4, 0.5) is 13.2 Å². The van der Waals surface area contributed by atoms with E-state index in [4.69, 9.17) is 0 Å². The highest BCUT2D eigenvalue weighted by Gasteiger charge is 2.36. The second kappa shape index (κ2) is 8.57. The number of nitrogens with zero attached hydrogens (tertiary/aromatic N) is 1. The lowest BCUT2D eigenvalue weighted by atomic mass is 9.90. The second-order valence-electron chi connectivity index (χ2n) is 7.93. The van der Waals surface area contributed by atoms with E-state index in [2.05, 4.69) is 13.8 Å². The van der Waals surface area contributed by atoms with Crippen LogP contribution in [0.2, 0.25) is 0 Å². The fraction of sp³-hybridized carbons (Fsp3) is 0.435. The van der Waals surface area contributed by atoms with E-state index in [1.807, 2.05) is 29.2 Å². The standard InChI is InChI=1S/C23H26F3NO2/c1-15(2)16-6-8-17(9-7-16)21(27-14-4-3-5-20(27)22(28)29)18-10-12-19(13-11-18)23(24,25)26/h6-13,15,20-21H,3-5,14H2,1-2H3,(H,28,29). The highest BCUT2D eigenvalue weighted by atomic mass is 19.4. The summed E-state index contributed by atoms with van der Waals surface area (Å²) in [5.74, 6) is -0.532. The molecular weight excluding hydrogens is 379 g/mol. The maximum atomic E-state index is 13.0. The molecule has 2 unspecified atom stereocenters. The minimum absolute atomic E-state index is 0.357. The van der Waals surface area contributed by atoms with E-state index < -0.39 is 29.8 Å². The van der Waals surface area contributed by atoms with Crippen molar-refractivity contribution in [3.63, 3.8) is 0 Å². The zero-order valence-corrected chi connectivity index (χ0v) is 16.6. The largest absolute Gasteiger partial charge is 0.480 e. The average molecular weight is 405 g/mol. The Balaban J connectivity index is 2.04. The van der Waals surface area contributed by atoms with Gasteiger partial charge in [-0.3, -0.25) is 9.69 Å². The Morgan fingerprint density at radius 3 is 1.97 bits per heavy atom. The van der Waals surface area contributed by atoms with Crippen molar-refractivity contribution in [1.82, 2.24) is 4.90 Å². The molecule has 6 heteroatoms. The molecule has 156 valence electrons. The zero-order valence-electron chi connectivity index (χ0n) is 16.6. The molecule has 3 rings (SSSR count). The molecule has 2 atom stereocenters. The molecule has 2 aromatic rings. The third-order valence-corrected chi connectivity index (χ3v) is 5.63. The van der Waals surface area contributed by atoms with Crippen molar-refractivity contribution in [3.05, 3.63) is 70.8 Å². The van der Waals surface area contributed by atoms with E-state index in [9.17, 15) is 23.1 Å². The van der Waals surface area contributed by atoms with Crippen molar-refractivity contribution < 1.29 is 23.1 Å². The van der Waals surface area contributed by atoms with Gasteiger partial charge < -0.3 is 5.11 Å². The first-order valence-corrected chi connectivity index (χ1v) is 9.94. The van der Waals surface area contributed by atoms with E-state index >= 15 is 0 Å². The SMILES string of the molecule is CC(C)c1ccc(C(c2ccc(C(F)(F)F)cc2)N2CCCCC2C(=O)O)cc1. The maximum absolute atomic E-state index is 13.0. The van der Waals surface area contributed by atoms with Crippen molar-refractivity contribution >= 4 is 5.97 Å². The molecule has 3 nitrogen and oxygen atoms in total. The van der Waals surface area contributed by atoms with Crippen LogP contribution in [-0.2, 0) is 11.0 Å². The maximum Gasteiger partial charge on any atom is 0.416 e. The van der Waals surface area contributed by atoms with Gasteiger partial charge in [0.2, 0.25) is 0 Å². The van der Waals surface area contributed by atoms with Gasteiger partial charge in [-0.1, -0.05) is 56.7 Å². The third kappa shape index (κ3) is 4.81. The first-order chi connectivity index (χ1) is 13.7. The van der Waals surface area contributed by atoms with E-state index in [1.165, 1.54) is 12.1 Å². The first kappa shape index (κ1) is 21.4. The van der Waals surface area contributed by atoms with Crippen LogP contribution in [0.3, 0.4) is 0 Å². The number of carbonyl (C=O) groups is 1. The second-order valence-corrected chi connectivity index (χ2v) is 7.93. The average Bonchev–Trinajstić information content (AvgIpc) is 2.68. The molecule has 1 N–H and O–H groups in total. The van der Waals surface area contributed by atoms with Gasteiger partial charge in [0.25, 0.3) is 0 Å². The Morgan fingerprint density at radius 1 is 0.966 bits per heavy atom. The molecule has 0 aliphatic carbocycles. The van der Waals surface area contributed by atoms with Gasteiger partial charge in [0.05, 0.1) is 11.6 Å². The zero-order chi connectivity index (χ0) is 21.2. The Kier molecular flexibility index (Phi) is 6.32. The molecule has 0 saturated carbocycles. The number of hydrogen-bond donors (Lipinski definition) is 1. The third-order valence-electron chi connectivity index (χ3n) is 5.63. The fourth-order valence-electron chi connectivity index (χ4n) is 4.02. The number of piperidine rings is 1. The Labute approximate surface area is 169 Å². The number of halogens is 3. The van der Waals surface area contributed by atoms with Crippen LogP contribution in [-0.4, -0.2) is 28.6 Å². The van der Waals surface area contributed by atoms with Crippen molar-refractivity contribution in [2.24, 2.45) is 0 Å². The molecule has 0 spiro atoms. The lowest BCUT2D eigenvalue weighted by molar-refractivity contribution is -0.145. The minimum Gasteiger partial charge on any atom is -0.480 e. The smallest absolute Gasteiger partial charge is 0.416 e. The van der Waals surface area contributed by atoms with Crippen LogP contribution in [0.1, 0.15) is 67.3 Å². The van der Waals surface area contributed by atoms with E-state index in [1.54, 1.807) is 0 Å². The lowest BCUT2D eigenvalue weighted by Crippen LogP contribution is -2.46. The molecule has 0 bridgehead atoms. The predicted molar refractivity (Wildman–Crippen MR) is 106 cm³/mol. The molecule has 1 saturated heterocycles. The number of carboxylic acids is 1. The van der Waals surface area contributed by atoms with E-state index in [0.29, 0.717) is 24.4 Å². The summed E-state index contributed by atoms with van der Waals surface area (Å²) in [6.45, 7) is 4.77. The van der Waals surface area contributed by atoms with Crippen molar-refractivity contribution in [3.8, 4) is 0 Å². The van der Waals surface area contributed by atoms with E-state index in [0.717, 1.165) is 36.1 Å². The summed E-state index contributed by atoms with van der Waals surface area (Å²) in [4.78, 5) is 13.8. The van der Waals surface area contributed by atoms with Gasteiger partial charge in [-0.25, -0.2) is 0 Å². The van der Waals surface area contributed by atoms with Crippen molar-refractivity contribution in [2.45, 2.75) is 57.3 Å². The summed E-state index contributed by atoms with van der Waals surface area (Å²) in [6, 6.07) is 12.0.